The maximum Gasteiger partial charge on any atom is 0.294 e. The van der Waals surface area contributed by atoms with E-state index in [9.17, 15) is 9.59 Å². The SMILES string of the molecule is CC(=O)c1cccc(-c2cc3ccc(NC(=O)c4ncnn4C)nc3n2COCC[Si](C)(C)C)c1. The summed E-state index contributed by atoms with van der Waals surface area (Å²) in [6, 6.07) is 14.3. The van der Waals surface area contributed by atoms with Gasteiger partial charge in [0.15, 0.2) is 5.78 Å². The number of pyridine rings is 1. The molecule has 0 radical (unpaired) electrons. The Balaban J connectivity index is 1.70. The summed E-state index contributed by atoms with van der Waals surface area (Å²) in [5.74, 6) is 0.207. The van der Waals surface area contributed by atoms with Crippen LogP contribution in [0.5, 0.6) is 0 Å². The number of aryl methyl sites for hydroxylation is 1. The Bertz CT molecular complexity index is 1390. The van der Waals surface area contributed by atoms with Gasteiger partial charge in [-0.15, -0.1) is 0 Å². The number of Topliss-reactive ketones (excluding diaryl/α,β-unsaturated/α-hetero) is 1. The van der Waals surface area contributed by atoms with Crippen molar-refractivity contribution in [2.75, 3.05) is 11.9 Å². The van der Waals surface area contributed by atoms with E-state index in [4.69, 9.17) is 9.72 Å². The number of hydrogen-bond donors (Lipinski definition) is 1. The molecule has 9 nitrogen and oxygen atoms in total. The van der Waals surface area contributed by atoms with Gasteiger partial charge < -0.3 is 14.6 Å². The number of carbonyl (C=O) groups is 2. The predicted octanol–water partition coefficient (Wildman–Crippen LogP) is 4.60. The van der Waals surface area contributed by atoms with Gasteiger partial charge in [0.05, 0.1) is 5.69 Å². The molecule has 4 aromatic rings. The van der Waals surface area contributed by atoms with E-state index in [-0.39, 0.29) is 11.6 Å². The number of ether oxygens (including phenoxy) is 1. The van der Waals surface area contributed by atoms with E-state index in [0.717, 1.165) is 22.7 Å². The minimum Gasteiger partial charge on any atom is -0.361 e. The molecule has 0 saturated carbocycles. The first-order chi connectivity index (χ1) is 16.6. The Morgan fingerprint density at radius 1 is 1.11 bits per heavy atom. The molecule has 0 fully saturated rings. The molecule has 1 amide bonds. The van der Waals surface area contributed by atoms with Crippen molar-refractivity contribution < 1.29 is 14.3 Å². The van der Waals surface area contributed by atoms with Gasteiger partial charge in [0.1, 0.15) is 24.5 Å². The predicted molar refractivity (Wildman–Crippen MR) is 138 cm³/mol. The molecule has 10 heteroatoms. The zero-order valence-corrected chi connectivity index (χ0v) is 21.7. The van der Waals surface area contributed by atoms with Gasteiger partial charge in [0.2, 0.25) is 5.82 Å². The second-order valence-electron chi connectivity index (χ2n) is 9.71. The molecule has 0 spiro atoms. The quantitative estimate of drug-likeness (QED) is 0.209. The molecule has 0 aliphatic carbocycles. The second-order valence-corrected chi connectivity index (χ2v) is 15.3. The highest BCUT2D eigenvalue weighted by atomic mass is 28.3. The standard InChI is InChI=1S/C25H30N6O3Si/c1-17(32)18-7-6-8-19(13-18)21-14-20-9-10-22(29-25(33)24-26-15-27-30(24)2)28-23(20)31(21)16-34-11-12-35(3,4)5/h6-10,13-15H,11-12,16H2,1-5H3,(H,28,29,33). The molecule has 1 aromatic carbocycles. The van der Waals surface area contributed by atoms with Gasteiger partial charge in [0.25, 0.3) is 5.91 Å². The normalized spacial score (nSPS) is 11.7. The first-order valence-corrected chi connectivity index (χ1v) is 15.2. The zero-order chi connectivity index (χ0) is 25.2. The first-order valence-electron chi connectivity index (χ1n) is 11.5. The van der Waals surface area contributed by atoms with Crippen LogP contribution in [-0.2, 0) is 18.5 Å². The number of anilines is 1. The van der Waals surface area contributed by atoms with Gasteiger partial charge in [-0.25, -0.2) is 14.6 Å². The van der Waals surface area contributed by atoms with Crippen LogP contribution in [0.25, 0.3) is 22.3 Å². The van der Waals surface area contributed by atoms with Gasteiger partial charge in [-0.05, 0) is 42.8 Å². The molecule has 3 heterocycles. The summed E-state index contributed by atoms with van der Waals surface area (Å²) in [7, 11) is 0.419. The Kier molecular flexibility index (Phi) is 6.95. The number of nitrogens with one attached hydrogen (secondary N) is 1. The fourth-order valence-electron chi connectivity index (χ4n) is 3.67. The molecular weight excluding hydrogens is 460 g/mol. The number of nitrogens with zero attached hydrogens (tertiary/aromatic N) is 5. The van der Waals surface area contributed by atoms with Crippen LogP contribution < -0.4 is 5.32 Å². The van der Waals surface area contributed by atoms with Gasteiger partial charge in [0, 0.05) is 32.7 Å². The van der Waals surface area contributed by atoms with Crippen LogP contribution in [0.4, 0.5) is 5.82 Å². The van der Waals surface area contributed by atoms with Crippen LogP contribution in [0.3, 0.4) is 0 Å². The molecule has 35 heavy (non-hydrogen) atoms. The van der Waals surface area contributed by atoms with Crippen LogP contribution in [-0.4, -0.2) is 50.7 Å². The molecule has 3 aromatic heterocycles. The lowest BCUT2D eigenvalue weighted by molar-refractivity contribution is 0.0909. The summed E-state index contributed by atoms with van der Waals surface area (Å²) in [6.07, 6.45) is 1.33. The number of benzene rings is 1. The minimum atomic E-state index is -1.24. The Morgan fingerprint density at radius 2 is 1.91 bits per heavy atom. The molecular formula is C25H30N6O3Si. The molecule has 0 bridgehead atoms. The van der Waals surface area contributed by atoms with Gasteiger partial charge in [-0.3, -0.25) is 9.59 Å². The van der Waals surface area contributed by atoms with Gasteiger partial charge >= 0.3 is 0 Å². The van der Waals surface area contributed by atoms with Crippen molar-refractivity contribution in [3.05, 3.63) is 60.2 Å². The molecule has 0 aliphatic heterocycles. The lowest BCUT2D eigenvalue weighted by atomic mass is 10.1. The number of fused-ring (bicyclic) bond motifs is 1. The summed E-state index contributed by atoms with van der Waals surface area (Å²) >= 11 is 0. The largest absolute Gasteiger partial charge is 0.361 e. The second kappa shape index (κ2) is 9.93. The van der Waals surface area contributed by atoms with Crippen molar-refractivity contribution in [2.45, 2.75) is 39.3 Å². The Hall–Kier alpha value is -3.63. The van der Waals surface area contributed by atoms with Crippen molar-refractivity contribution >= 4 is 36.6 Å². The Labute approximate surface area is 205 Å². The lowest BCUT2D eigenvalue weighted by Crippen LogP contribution is -2.22. The number of amides is 1. The molecule has 4 rings (SSSR count). The molecule has 0 atom stereocenters. The van der Waals surface area contributed by atoms with Gasteiger partial charge in [-0.2, -0.15) is 5.10 Å². The van der Waals surface area contributed by atoms with Crippen LogP contribution >= 0.6 is 0 Å². The average Bonchev–Trinajstić information content (AvgIpc) is 3.39. The third kappa shape index (κ3) is 5.72. The number of ketones is 1. The van der Waals surface area contributed by atoms with Crippen molar-refractivity contribution in [1.82, 2.24) is 24.3 Å². The zero-order valence-electron chi connectivity index (χ0n) is 20.7. The van der Waals surface area contributed by atoms with Crippen molar-refractivity contribution in [2.24, 2.45) is 7.05 Å². The fraction of sp³-hybridized carbons (Fsp3) is 0.320. The monoisotopic (exact) mass is 490 g/mol. The fourth-order valence-corrected chi connectivity index (χ4v) is 4.43. The number of hydrogen-bond acceptors (Lipinski definition) is 6. The number of rotatable bonds is 9. The molecule has 0 unspecified atom stereocenters. The Morgan fingerprint density at radius 3 is 2.60 bits per heavy atom. The third-order valence-corrected chi connectivity index (χ3v) is 7.39. The summed E-state index contributed by atoms with van der Waals surface area (Å²) in [5, 5.41) is 7.64. The van der Waals surface area contributed by atoms with Crippen molar-refractivity contribution in [3.8, 4) is 11.3 Å². The maximum absolute atomic E-state index is 12.6. The van der Waals surface area contributed by atoms with E-state index in [1.54, 1.807) is 20.0 Å². The van der Waals surface area contributed by atoms with Crippen molar-refractivity contribution in [3.63, 3.8) is 0 Å². The molecule has 182 valence electrons. The average molecular weight is 491 g/mol. The van der Waals surface area contributed by atoms with Crippen LogP contribution in [0, 0.1) is 0 Å². The van der Waals surface area contributed by atoms with E-state index in [1.165, 1.54) is 11.0 Å². The summed E-state index contributed by atoms with van der Waals surface area (Å²) < 4.78 is 9.47. The maximum atomic E-state index is 12.6. The van der Waals surface area contributed by atoms with E-state index in [0.29, 0.717) is 30.4 Å². The van der Waals surface area contributed by atoms with Crippen LogP contribution in [0.15, 0.2) is 48.8 Å². The van der Waals surface area contributed by atoms with E-state index in [2.05, 4.69) is 35.0 Å². The summed E-state index contributed by atoms with van der Waals surface area (Å²) in [5.41, 5.74) is 3.11. The van der Waals surface area contributed by atoms with E-state index < -0.39 is 14.0 Å². The highest BCUT2D eigenvalue weighted by Gasteiger charge is 2.17. The van der Waals surface area contributed by atoms with Gasteiger partial charge in [-0.1, -0.05) is 37.8 Å². The third-order valence-electron chi connectivity index (χ3n) is 5.68. The summed E-state index contributed by atoms with van der Waals surface area (Å²) in [4.78, 5) is 33.3. The highest BCUT2D eigenvalue weighted by molar-refractivity contribution is 6.76. The number of aromatic nitrogens is 5. The molecule has 0 saturated heterocycles. The van der Waals surface area contributed by atoms with Crippen molar-refractivity contribution in [1.29, 1.82) is 0 Å². The molecule has 0 aliphatic rings. The first kappa shape index (κ1) is 24.5. The highest BCUT2D eigenvalue weighted by Crippen LogP contribution is 2.29. The molecule has 1 N–H and O–H groups in total. The summed E-state index contributed by atoms with van der Waals surface area (Å²) in [6.45, 7) is 9.46. The van der Waals surface area contributed by atoms with Crippen LogP contribution in [0.1, 0.15) is 27.9 Å². The number of carbonyl (C=O) groups excluding carboxylic acids is 2. The van der Waals surface area contributed by atoms with E-state index >= 15 is 0 Å². The minimum absolute atomic E-state index is 0.00722. The van der Waals surface area contributed by atoms with Crippen LogP contribution in [0.2, 0.25) is 25.7 Å². The topological polar surface area (TPSA) is 104 Å². The smallest absolute Gasteiger partial charge is 0.294 e. The van der Waals surface area contributed by atoms with E-state index in [1.807, 2.05) is 41.0 Å². The lowest BCUT2D eigenvalue weighted by Gasteiger charge is -2.17.